The Bertz CT molecular complexity index is 871. The fourth-order valence-corrected chi connectivity index (χ4v) is 10.5. The first kappa shape index (κ1) is 27.6. The van der Waals surface area contributed by atoms with E-state index in [4.69, 9.17) is 4.74 Å². The van der Waals surface area contributed by atoms with Gasteiger partial charge in [-0.15, -0.1) is 0 Å². The number of aliphatic hydroxyl groups excluding tert-OH is 3. The summed E-state index contributed by atoms with van der Waals surface area (Å²) in [6.45, 7) is 13.7. The van der Waals surface area contributed by atoms with Crippen LogP contribution >= 0.6 is 0 Å². The van der Waals surface area contributed by atoms with Gasteiger partial charge in [0, 0.05) is 12.3 Å². The predicted molar refractivity (Wildman–Crippen MR) is 144 cm³/mol. The second-order valence-corrected chi connectivity index (χ2v) is 14.5. The third-order valence-corrected chi connectivity index (χ3v) is 12.8. The minimum Gasteiger partial charge on any atom is -0.465 e. The van der Waals surface area contributed by atoms with Gasteiger partial charge in [-0.2, -0.15) is 0 Å². The minimum absolute atomic E-state index is 0.128. The van der Waals surface area contributed by atoms with Crippen LogP contribution in [0.1, 0.15) is 98.3 Å². The van der Waals surface area contributed by atoms with E-state index in [0.717, 1.165) is 37.7 Å². The number of fused-ring (bicyclic) bond motifs is 5. The van der Waals surface area contributed by atoms with Gasteiger partial charge in [0.05, 0.1) is 18.3 Å². The molecule has 5 heteroatoms. The average molecular weight is 517 g/mol. The first-order valence-corrected chi connectivity index (χ1v) is 15.3. The van der Waals surface area contributed by atoms with Gasteiger partial charge in [0.1, 0.15) is 6.61 Å². The normalized spacial score (nSPS) is 50.2. The van der Waals surface area contributed by atoms with Crippen molar-refractivity contribution in [2.45, 2.75) is 117 Å². The highest BCUT2D eigenvalue weighted by molar-refractivity contribution is 5.69. The van der Waals surface area contributed by atoms with Crippen molar-refractivity contribution in [3.8, 4) is 0 Å². The summed E-state index contributed by atoms with van der Waals surface area (Å²) in [5, 5.41) is 32.0. The molecule has 0 spiro atoms. The quantitative estimate of drug-likeness (QED) is 0.320. The molecule has 5 aliphatic rings. The van der Waals surface area contributed by atoms with Crippen LogP contribution in [-0.4, -0.2) is 46.2 Å². The maximum atomic E-state index is 12.6. The lowest BCUT2D eigenvalue weighted by Crippen LogP contribution is -2.58. The third kappa shape index (κ3) is 4.73. The lowest BCUT2D eigenvalue weighted by molar-refractivity contribution is -0.174. The standard InChI is InChI=1S/C32H52O5/c1-18(6-9-29(36)37-17-23-20(3)19(2)14-27(23)34)24-7-8-25-30-26(11-13-32(24,25)5)31(4)12-10-22(33)15-21(31)16-28(30)35/h18-19,21-28,30,33-35H,3,6-17H2,1-2,4-5H3/t18-,19?,21+,22-,23+,24-,25+,26+,27+,28+,30+,31+,32-/m1/s1. The molecule has 0 aromatic carbocycles. The molecule has 5 fully saturated rings. The van der Waals surface area contributed by atoms with Crippen LogP contribution in [0, 0.1) is 58.2 Å². The highest BCUT2D eigenvalue weighted by Crippen LogP contribution is 2.68. The molecule has 0 aliphatic heterocycles. The topological polar surface area (TPSA) is 87.0 Å². The second kappa shape index (κ2) is 10.2. The Morgan fingerprint density at radius 2 is 1.70 bits per heavy atom. The van der Waals surface area contributed by atoms with Gasteiger partial charge in [-0.3, -0.25) is 4.79 Å². The number of carbonyl (C=O) groups is 1. The van der Waals surface area contributed by atoms with E-state index in [2.05, 4.69) is 34.3 Å². The fourth-order valence-electron chi connectivity index (χ4n) is 10.5. The molecule has 5 saturated carbocycles. The molecular formula is C32H52O5. The summed E-state index contributed by atoms with van der Waals surface area (Å²) in [4.78, 5) is 12.6. The molecule has 0 radical (unpaired) electrons. The molecule has 0 amide bonds. The van der Waals surface area contributed by atoms with Crippen molar-refractivity contribution in [2.75, 3.05) is 6.61 Å². The van der Waals surface area contributed by atoms with Crippen molar-refractivity contribution in [1.29, 1.82) is 0 Å². The van der Waals surface area contributed by atoms with Crippen molar-refractivity contribution < 1.29 is 24.9 Å². The zero-order valence-corrected chi connectivity index (χ0v) is 23.7. The van der Waals surface area contributed by atoms with Crippen molar-refractivity contribution in [2.24, 2.45) is 58.2 Å². The van der Waals surface area contributed by atoms with E-state index < -0.39 is 6.10 Å². The maximum Gasteiger partial charge on any atom is 0.305 e. The molecule has 13 atom stereocenters. The van der Waals surface area contributed by atoms with Crippen molar-refractivity contribution in [3.05, 3.63) is 12.2 Å². The summed E-state index contributed by atoms with van der Waals surface area (Å²) < 4.78 is 5.60. The van der Waals surface area contributed by atoms with Crippen LogP contribution in [0.3, 0.4) is 0 Å². The van der Waals surface area contributed by atoms with Crippen LogP contribution in [0.15, 0.2) is 12.2 Å². The summed E-state index contributed by atoms with van der Waals surface area (Å²) in [7, 11) is 0. The first-order chi connectivity index (χ1) is 17.5. The molecule has 210 valence electrons. The van der Waals surface area contributed by atoms with Crippen molar-refractivity contribution >= 4 is 5.97 Å². The molecular weight excluding hydrogens is 464 g/mol. The number of ether oxygens (including phenoxy) is 1. The Kier molecular flexibility index (Phi) is 7.66. The number of hydrogen-bond acceptors (Lipinski definition) is 5. The Morgan fingerprint density at radius 1 is 1.00 bits per heavy atom. The van der Waals surface area contributed by atoms with Crippen LogP contribution in [0.4, 0.5) is 0 Å². The van der Waals surface area contributed by atoms with E-state index in [1.54, 1.807) is 0 Å². The van der Waals surface area contributed by atoms with Crippen molar-refractivity contribution in [3.63, 3.8) is 0 Å². The minimum atomic E-state index is -0.453. The molecule has 0 saturated heterocycles. The van der Waals surface area contributed by atoms with Crippen LogP contribution < -0.4 is 0 Å². The Hall–Kier alpha value is -0.910. The smallest absolute Gasteiger partial charge is 0.305 e. The van der Waals surface area contributed by atoms with E-state index in [9.17, 15) is 20.1 Å². The summed E-state index contributed by atoms with van der Waals surface area (Å²) in [5.74, 6) is 2.98. The number of esters is 1. The molecule has 5 rings (SSSR count). The van der Waals surface area contributed by atoms with E-state index in [0.29, 0.717) is 48.3 Å². The highest BCUT2D eigenvalue weighted by Gasteiger charge is 2.62. The Morgan fingerprint density at radius 3 is 2.41 bits per heavy atom. The summed E-state index contributed by atoms with van der Waals surface area (Å²) in [6, 6.07) is 0. The van der Waals surface area contributed by atoms with Gasteiger partial charge in [-0.1, -0.05) is 39.8 Å². The lowest BCUT2D eigenvalue weighted by atomic mass is 9.43. The summed E-state index contributed by atoms with van der Waals surface area (Å²) in [5.41, 5.74) is 1.49. The molecule has 0 heterocycles. The fraction of sp³-hybridized carbons (Fsp3) is 0.906. The first-order valence-electron chi connectivity index (χ1n) is 15.3. The summed E-state index contributed by atoms with van der Waals surface area (Å²) >= 11 is 0. The van der Waals surface area contributed by atoms with Gasteiger partial charge >= 0.3 is 5.97 Å². The molecule has 3 N–H and O–H groups in total. The number of hydrogen-bond donors (Lipinski definition) is 3. The molecule has 37 heavy (non-hydrogen) atoms. The van der Waals surface area contributed by atoms with Gasteiger partial charge in [-0.25, -0.2) is 0 Å². The van der Waals surface area contributed by atoms with Gasteiger partial charge in [0.25, 0.3) is 0 Å². The Labute approximate surface area is 224 Å². The number of carbonyl (C=O) groups excluding carboxylic acids is 1. The molecule has 5 nitrogen and oxygen atoms in total. The third-order valence-electron chi connectivity index (χ3n) is 12.8. The van der Waals surface area contributed by atoms with Crippen LogP contribution in [0.5, 0.6) is 0 Å². The van der Waals surface area contributed by atoms with E-state index >= 15 is 0 Å². The van der Waals surface area contributed by atoms with Crippen LogP contribution in [0.25, 0.3) is 0 Å². The zero-order valence-electron chi connectivity index (χ0n) is 23.7. The molecule has 0 aromatic heterocycles. The van der Waals surface area contributed by atoms with Crippen LogP contribution in [0.2, 0.25) is 0 Å². The lowest BCUT2D eigenvalue weighted by Gasteiger charge is -2.62. The van der Waals surface area contributed by atoms with Gasteiger partial charge in [0.15, 0.2) is 0 Å². The number of rotatable bonds is 6. The predicted octanol–water partition coefficient (Wildman–Crippen LogP) is 5.51. The average Bonchev–Trinajstić information content (AvgIpc) is 3.32. The van der Waals surface area contributed by atoms with E-state index in [-0.39, 0.29) is 47.4 Å². The highest BCUT2D eigenvalue weighted by atomic mass is 16.5. The molecule has 0 aromatic rings. The van der Waals surface area contributed by atoms with Crippen LogP contribution in [-0.2, 0) is 9.53 Å². The second-order valence-electron chi connectivity index (χ2n) is 14.5. The molecule has 0 bridgehead atoms. The van der Waals surface area contributed by atoms with E-state index in [1.807, 2.05) is 0 Å². The largest absolute Gasteiger partial charge is 0.465 e. The zero-order chi connectivity index (χ0) is 26.7. The van der Waals surface area contributed by atoms with Gasteiger partial charge in [0.2, 0.25) is 0 Å². The van der Waals surface area contributed by atoms with Gasteiger partial charge in [-0.05, 0) is 116 Å². The number of aliphatic hydroxyl groups is 3. The molecule has 5 aliphatic carbocycles. The van der Waals surface area contributed by atoms with Gasteiger partial charge < -0.3 is 20.1 Å². The summed E-state index contributed by atoms with van der Waals surface area (Å²) in [6.07, 6.45) is 9.61. The Balaban J connectivity index is 1.18. The SMILES string of the molecule is C=C1C(C)C[C@H](O)[C@H]1COC(=O)CC[C@@H](C)[C@H]1CC[C@H]2[C@@H]3[C@@H](O)C[C@@H]4C[C@H](O)CC[C@]4(C)[C@H]3CC[C@]12C. The maximum absolute atomic E-state index is 12.6. The molecule has 1 unspecified atom stereocenters. The monoisotopic (exact) mass is 516 g/mol. The van der Waals surface area contributed by atoms with Crippen molar-refractivity contribution in [1.82, 2.24) is 0 Å². The van der Waals surface area contributed by atoms with E-state index in [1.165, 1.54) is 25.7 Å².